The molecule has 0 aliphatic rings. The summed E-state index contributed by atoms with van der Waals surface area (Å²) < 4.78 is 1.63. The second-order valence-corrected chi connectivity index (χ2v) is 14.8. The monoisotopic (exact) mass is 355 g/mol. The van der Waals surface area contributed by atoms with Gasteiger partial charge in [0, 0.05) is 5.69 Å². The molecule has 1 aromatic rings. The molecule has 0 amide bonds. The minimum atomic E-state index is -4.49. The minimum absolute atomic E-state index is 0.236. The number of rotatable bonds is 6. The second-order valence-electron chi connectivity index (χ2n) is 7.84. The maximum Gasteiger partial charge on any atom is 0.617 e. The van der Waals surface area contributed by atoms with Crippen molar-refractivity contribution in [1.82, 2.24) is 0 Å². The van der Waals surface area contributed by atoms with E-state index in [1.54, 1.807) is 4.23 Å². The van der Waals surface area contributed by atoms with Gasteiger partial charge in [-0.1, -0.05) is 72.8 Å². The van der Waals surface area contributed by atoms with Crippen LogP contribution in [-0.4, -0.2) is 31.6 Å². The quantitative estimate of drug-likeness (QED) is 0.680. The van der Waals surface area contributed by atoms with Crippen LogP contribution in [0.25, 0.3) is 0 Å². The van der Waals surface area contributed by atoms with Gasteiger partial charge in [0.05, 0.1) is 0 Å². The third-order valence-electron chi connectivity index (χ3n) is 4.86. The number of hydrogen-bond donors (Lipinski definition) is 3. The first-order valence-electron chi connectivity index (χ1n) is 8.42. The maximum atomic E-state index is 10.3. The van der Waals surface area contributed by atoms with E-state index in [0.717, 1.165) is 16.8 Å². The van der Waals surface area contributed by atoms with Crippen molar-refractivity contribution in [2.24, 2.45) is 0 Å². The van der Waals surface area contributed by atoms with Crippen molar-refractivity contribution in [2.75, 3.05) is 4.23 Å². The summed E-state index contributed by atoms with van der Waals surface area (Å²) in [6.45, 7) is 16.7. The molecule has 0 aromatic heterocycles. The van der Waals surface area contributed by atoms with Crippen LogP contribution < -0.4 is 4.23 Å². The zero-order valence-corrected chi connectivity index (χ0v) is 17.8. The molecule has 1 aromatic carbocycles. The van der Waals surface area contributed by atoms with Crippen molar-refractivity contribution in [1.29, 1.82) is 0 Å². The first-order valence-corrected chi connectivity index (χ1v) is 13.2. The van der Waals surface area contributed by atoms with Gasteiger partial charge in [-0.3, -0.25) is 0 Å². The SMILES string of the molecule is CC(C)c1cccc(C(C)C)c1N([Si](O)(O)O)[Si](C)(C)C(C)C. The number of para-hydroxylation sites is 1. The van der Waals surface area contributed by atoms with Gasteiger partial charge in [-0.15, -0.1) is 0 Å². The van der Waals surface area contributed by atoms with Gasteiger partial charge in [0.15, 0.2) is 8.24 Å². The summed E-state index contributed by atoms with van der Waals surface area (Å²) in [4.78, 5) is 31.0. The van der Waals surface area contributed by atoms with Crippen LogP contribution in [0.1, 0.15) is 64.5 Å². The normalized spacial score (nSPS) is 13.3. The molecule has 23 heavy (non-hydrogen) atoms. The molecule has 0 heterocycles. The van der Waals surface area contributed by atoms with Gasteiger partial charge in [0.25, 0.3) is 0 Å². The highest BCUT2D eigenvalue weighted by molar-refractivity contribution is 6.94. The Kier molecular flexibility index (Phi) is 6.26. The van der Waals surface area contributed by atoms with E-state index in [1.807, 2.05) is 18.2 Å². The fraction of sp³-hybridized carbons (Fsp3) is 0.647. The third-order valence-corrected chi connectivity index (χ3v) is 12.5. The molecule has 6 heteroatoms. The van der Waals surface area contributed by atoms with Crippen LogP contribution in [0.3, 0.4) is 0 Å². The zero-order valence-electron chi connectivity index (χ0n) is 15.8. The van der Waals surface area contributed by atoms with Crippen molar-refractivity contribution in [3.05, 3.63) is 29.3 Å². The van der Waals surface area contributed by atoms with Gasteiger partial charge in [0.1, 0.15) is 0 Å². The van der Waals surface area contributed by atoms with Crippen LogP contribution in [0.2, 0.25) is 18.6 Å². The Bertz CT molecular complexity index is 511. The fourth-order valence-electron chi connectivity index (χ4n) is 2.85. The van der Waals surface area contributed by atoms with Crippen molar-refractivity contribution in [2.45, 2.75) is 72.0 Å². The van der Waals surface area contributed by atoms with Gasteiger partial charge in [0.2, 0.25) is 0 Å². The molecule has 0 saturated heterocycles. The average molecular weight is 356 g/mol. The van der Waals surface area contributed by atoms with E-state index in [2.05, 4.69) is 54.6 Å². The number of nitrogens with zero attached hydrogens (tertiary/aromatic N) is 1. The molecule has 0 fully saturated rings. The largest absolute Gasteiger partial charge is 0.617 e. The molecular weight excluding hydrogens is 322 g/mol. The van der Waals surface area contributed by atoms with Gasteiger partial charge in [-0.2, -0.15) is 0 Å². The molecule has 132 valence electrons. The Morgan fingerprint density at radius 3 is 1.48 bits per heavy atom. The number of anilines is 1. The summed E-state index contributed by atoms with van der Waals surface area (Å²) in [7, 11) is -6.78. The van der Waals surface area contributed by atoms with Gasteiger partial charge >= 0.3 is 8.97 Å². The fourth-order valence-corrected chi connectivity index (χ4v) is 8.63. The summed E-state index contributed by atoms with van der Waals surface area (Å²) in [5.74, 6) is 0.471. The lowest BCUT2D eigenvalue weighted by Gasteiger charge is -2.46. The minimum Gasteiger partial charge on any atom is -0.373 e. The molecule has 1 rings (SSSR count). The molecule has 0 atom stereocenters. The molecule has 0 radical (unpaired) electrons. The highest BCUT2D eigenvalue weighted by Crippen LogP contribution is 2.41. The van der Waals surface area contributed by atoms with E-state index >= 15 is 0 Å². The average Bonchev–Trinajstić information content (AvgIpc) is 2.36. The first kappa shape index (κ1) is 20.4. The Balaban J connectivity index is 3.79. The predicted octanol–water partition coefficient (Wildman–Crippen LogP) is 3.77. The lowest BCUT2D eigenvalue weighted by atomic mass is 9.93. The lowest BCUT2D eigenvalue weighted by Crippen LogP contribution is -2.68. The summed E-state index contributed by atoms with van der Waals surface area (Å²) in [6.07, 6.45) is 0. The molecule has 0 bridgehead atoms. The van der Waals surface area contributed by atoms with Crippen LogP contribution in [0.15, 0.2) is 18.2 Å². The molecule has 0 spiro atoms. The third kappa shape index (κ3) is 4.25. The van der Waals surface area contributed by atoms with Crippen molar-refractivity contribution in [3.8, 4) is 0 Å². The molecule has 0 unspecified atom stereocenters. The Morgan fingerprint density at radius 2 is 1.22 bits per heavy atom. The van der Waals surface area contributed by atoms with Crippen LogP contribution in [0.4, 0.5) is 5.69 Å². The van der Waals surface area contributed by atoms with Gasteiger partial charge in [-0.25, -0.2) is 0 Å². The first-order chi connectivity index (χ1) is 10.3. The summed E-state index contributed by atoms with van der Waals surface area (Å²) in [6, 6.07) is 6.08. The summed E-state index contributed by atoms with van der Waals surface area (Å²) in [5.41, 5.74) is 3.22. The van der Waals surface area contributed by atoms with Crippen LogP contribution in [0.5, 0.6) is 0 Å². The van der Waals surface area contributed by atoms with Crippen molar-refractivity contribution >= 4 is 22.9 Å². The van der Waals surface area contributed by atoms with E-state index in [4.69, 9.17) is 0 Å². The van der Waals surface area contributed by atoms with Crippen LogP contribution in [-0.2, 0) is 0 Å². The summed E-state index contributed by atoms with van der Waals surface area (Å²) >= 11 is 0. The molecule has 0 aliphatic heterocycles. The zero-order chi connectivity index (χ0) is 18.2. The van der Waals surface area contributed by atoms with Gasteiger partial charge < -0.3 is 18.6 Å². The molecule has 4 nitrogen and oxygen atoms in total. The maximum absolute atomic E-state index is 10.3. The summed E-state index contributed by atoms with van der Waals surface area (Å²) in [5, 5.41) is 0. The Morgan fingerprint density at radius 1 is 0.826 bits per heavy atom. The Hall–Kier alpha value is -0.666. The highest BCUT2D eigenvalue weighted by Gasteiger charge is 2.50. The van der Waals surface area contributed by atoms with Crippen LogP contribution in [0, 0.1) is 0 Å². The van der Waals surface area contributed by atoms with Crippen LogP contribution >= 0.6 is 0 Å². The number of benzene rings is 1. The highest BCUT2D eigenvalue weighted by atomic mass is 28.4. The molecular formula is C17H33NO3Si2. The van der Waals surface area contributed by atoms with E-state index in [1.165, 1.54) is 0 Å². The topological polar surface area (TPSA) is 63.9 Å². The Labute approximate surface area is 143 Å². The predicted molar refractivity (Wildman–Crippen MR) is 102 cm³/mol. The van der Waals surface area contributed by atoms with E-state index in [0.29, 0.717) is 0 Å². The second kappa shape index (κ2) is 7.07. The van der Waals surface area contributed by atoms with E-state index in [-0.39, 0.29) is 17.4 Å². The van der Waals surface area contributed by atoms with E-state index < -0.39 is 17.2 Å². The lowest BCUT2D eigenvalue weighted by molar-refractivity contribution is 0.230. The molecule has 3 N–H and O–H groups in total. The molecule has 0 aliphatic carbocycles. The van der Waals surface area contributed by atoms with Crippen molar-refractivity contribution < 1.29 is 14.4 Å². The smallest absolute Gasteiger partial charge is 0.373 e. The standard InChI is InChI=1S/C17H33NO3Si2/c1-12(2)15-10-9-11-16(13(3)4)17(15)18(23(19,20)21)22(7,8)14(5)6/h9-14,19-21H,1-8H3. The number of hydrogen-bond acceptors (Lipinski definition) is 4. The van der Waals surface area contributed by atoms with Crippen molar-refractivity contribution in [3.63, 3.8) is 0 Å². The van der Waals surface area contributed by atoms with E-state index in [9.17, 15) is 14.4 Å². The van der Waals surface area contributed by atoms with Gasteiger partial charge in [-0.05, 0) is 28.5 Å². The molecule has 0 saturated carbocycles.